The molecule has 0 aliphatic heterocycles. The van der Waals surface area contributed by atoms with Gasteiger partial charge in [-0.2, -0.15) is 0 Å². The average molecular weight is 367 g/mol. The van der Waals surface area contributed by atoms with Crippen molar-refractivity contribution >= 4 is 6.08 Å². The number of allylic oxidation sites excluding steroid dienone is 1. The molecule has 1 aliphatic carbocycles. The van der Waals surface area contributed by atoms with Crippen LogP contribution in [0.4, 0.5) is 0 Å². The Kier molecular flexibility index (Phi) is 6.44. The monoisotopic (exact) mass is 366 g/mol. The number of hydrogen-bond acceptors (Lipinski definition) is 3. The first-order valence-electron chi connectivity index (χ1n) is 9.71. The van der Waals surface area contributed by atoms with Crippen molar-refractivity contribution in [3.8, 4) is 17.2 Å². The molecule has 0 N–H and O–H groups in total. The lowest BCUT2D eigenvalue weighted by Gasteiger charge is -2.30. The van der Waals surface area contributed by atoms with Gasteiger partial charge in [-0.15, -0.1) is 0 Å². The summed E-state index contributed by atoms with van der Waals surface area (Å²) in [5.41, 5.74) is 3.78. The second-order valence-electron chi connectivity index (χ2n) is 7.26. The van der Waals surface area contributed by atoms with E-state index in [2.05, 4.69) is 43.3 Å². The molecular formula is C24H30O3. The maximum absolute atomic E-state index is 5.42. The summed E-state index contributed by atoms with van der Waals surface area (Å²) in [6.07, 6.45) is 9.68. The Morgan fingerprint density at radius 2 is 1.52 bits per heavy atom. The average Bonchev–Trinajstić information content (AvgIpc) is 2.72. The van der Waals surface area contributed by atoms with Crippen molar-refractivity contribution in [1.82, 2.24) is 0 Å². The van der Waals surface area contributed by atoms with Crippen molar-refractivity contribution in [3.05, 3.63) is 59.2 Å². The Hall–Kier alpha value is -2.42. The highest BCUT2D eigenvalue weighted by atomic mass is 16.5. The van der Waals surface area contributed by atoms with E-state index in [0.29, 0.717) is 11.8 Å². The fraction of sp³-hybridized carbons (Fsp3) is 0.417. The van der Waals surface area contributed by atoms with E-state index in [-0.39, 0.29) is 0 Å². The molecule has 0 saturated heterocycles. The van der Waals surface area contributed by atoms with Crippen LogP contribution >= 0.6 is 0 Å². The molecule has 0 heterocycles. The van der Waals surface area contributed by atoms with E-state index < -0.39 is 0 Å². The molecule has 2 aromatic rings. The number of aryl methyl sites for hydroxylation is 1. The van der Waals surface area contributed by atoms with Gasteiger partial charge in [0.25, 0.3) is 0 Å². The standard InChI is InChI=1S/C24H30O3/c1-17-15-20(12-14-22(17)25-2)21-8-6-5-7-19(21)11-9-18-10-13-23(26-3)24(16-18)27-4/h9-16,19,21H,5-8H2,1-4H3/b11-9+/t19-,21+/m1/s1. The molecule has 1 aliphatic rings. The number of ether oxygens (including phenoxy) is 3. The van der Waals surface area contributed by atoms with Crippen molar-refractivity contribution in [2.75, 3.05) is 21.3 Å². The lowest BCUT2D eigenvalue weighted by Crippen LogP contribution is -2.16. The summed E-state index contributed by atoms with van der Waals surface area (Å²) in [6.45, 7) is 2.12. The van der Waals surface area contributed by atoms with Crippen LogP contribution in [0.15, 0.2) is 42.5 Å². The van der Waals surface area contributed by atoms with Gasteiger partial charge < -0.3 is 14.2 Å². The molecule has 0 spiro atoms. The molecule has 1 fully saturated rings. The molecule has 0 unspecified atom stereocenters. The van der Waals surface area contributed by atoms with E-state index in [1.807, 2.05) is 12.1 Å². The van der Waals surface area contributed by atoms with Gasteiger partial charge in [0.1, 0.15) is 5.75 Å². The minimum Gasteiger partial charge on any atom is -0.496 e. The van der Waals surface area contributed by atoms with Crippen LogP contribution < -0.4 is 14.2 Å². The van der Waals surface area contributed by atoms with Gasteiger partial charge in [-0.3, -0.25) is 0 Å². The summed E-state index contributed by atoms with van der Waals surface area (Å²) >= 11 is 0. The highest BCUT2D eigenvalue weighted by Crippen LogP contribution is 2.40. The SMILES string of the molecule is COc1ccc([C@H]2CCCC[C@@H]2/C=C/c2ccc(OC)c(OC)c2)cc1C. The van der Waals surface area contributed by atoms with Crippen molar-refractivity contribution in [2.24, 2.45) is 5.92 Å². The first-order valence-corrected chi connectivity index (χ1v) is 9.71. The highest BCUT2D eigenvalue weighted by molar-refractivity contribution is 5.56. The molecule has 2 aromatic carbocycles. The van der Waals surface area contributed by atoms with Crippen LogP contribution in [0.5, 0.6) is 17.2 Å². The van der Waals surface area contributed by atoms with Gasteiger partial charge in [0.15, 0.2) is 11.5 Å². The summed E-state index contributed by atoms with van der Waals surface area (Å²) in [5, 5.41) is 0. The lowest BCUT2D eigenvalue weighted by molar-refractivity contribution is 0.355. The van der Waals surface area contributed by atoms with E-state index in [1.54, 1.807) is 21.3 Å². The zero-order valence-electron chi connectivity index (χ0n) is 16.8. The maximum atomic E-state index is 5.42. The van der Waals surface area contributed by atoms with Crippen molar-refractivity contribution in [3.63, 3.8) is 0 Å². The summed E-state index contributed by atoms with van der Waals surface area (Å²) in [5.74, 6) is 3.62. The zero-order chi connectivity index (χ0) is 19.2. The third-order valence-electron chi connectivity index (χ3n) is 5.61. The fourth-order valence-electron chi connectivity index (χ4n) is 4.13. The summed E-state index contributed by atoms with van der Waals surface area (Å²) < 4.78 is 16.2. The Labute approximate surface area is 163 Å². The van der Waals surface area contributed by atoms with Gasteiger partial charge in [0, 0.05) is 0 Å². The van der Waals surface area contributed by atoms with Crippen molar-refractivity contribution < 1.29 is 14.2 Å². The molecular weight excluding hydrogens is 336 g/mol. The molecule has 0 bridgehead atoms. The van der Waals surface area contributed by atoms with Gasteiger partial charge in [0.05, 0.1) is 21.3 Å². The van der Waals surface area contributed by atoms with Crippen LogP contribution in [0.1, 0.15) is 48.3 Å². The highest BCUT2D eigenvalue weighted by Gasteiger charge is 2.25. The van der Waals surface area contributed by atoms with Gasteiger partial charge >= 0.3 is 0 Å². The number of methoxy groups -OCH3 is 3. The zero-order valence-corrected chi connectivity index (χ0v) is 16.8. The third kappa shape index (κ3) is 4.47. The van der Waals surface area contributed by atoms with E-state index in [1.165, 1.54) is 36.8 Å². The van der Waals surface area contributed by atoms with E-state index in [9.17, 15) is 0 Å². The Balaban J connectivity index is 1.81. The molecule has 2 atom stereocenters. The Morgan fingerprint density at radius 3 is 2.22 bits per heavy atom. The van der Waals surface area contributed by atoms with Gasteiger partial charge in [-0.1, -0.05) is 43.2 Å². The molecule has 144 valence electrons. The number of rotatable bonds is 6. The second kappa shape index (κ2) is 8.98. The molecule has 27 heavy (non-hydrogen) atoms. The van der Waals surface area contributed by atoms with Gasteiger partial charge in [0.2, 0.25) is 0 Å². The van der Waals surface area contributed by atoms with Crippen LogP contribution in [-0.2, 0) is 0 Å². The maximum Gasteiger partial charge on any atom is 0.161 e. The predicted octanol–water partition coefficient (Wildman–Crippen LogP) is 6.01. The quantitative estimate of drug-likeness (QED) is 0.627. The molecule has 3 rings (SSSR count). The molecule has 0 amide bonds. The summed E-state index contributed by atoms with van der Waals surface area (Å²) in [4.78, 5) is 0. The van der Waals surface area contributed by atoms with Crippen LogP contribution in [-0.4, -0.2) is 21.3 Å². The topological polar surface area (TPSA) is 27.7 Å². The lowest BCUT2D eigenvalue weighted by atomic mass is 9.75. The van der Waals surface area contributed by atoms with Crippen LogP contribution in [0, 0.1) is 12.8 Å². The minimum absolute atomic E-state index is 0.555. The molecule has 0 radical (unpaired) electrons. The Bertz CT molecular complexity index is 794. The summed E-state index contributed by atoms with van der Waals surface area (Å²) in [6, 6.07) is 12.7. The second-order valence-corrected chi connectivity index (χ2v) is 7.26. The first-order chi connectivity index (χ1) is 13.2. The van der Waals surface area contributed by atoms with Crippen LogP contribution in [0.2, 0.25) is 0 Å². The van der Waals surface area contributed by atoms with E-state index >= 15 is 0 Å². The number of hydrogen-bond donors (Lipinski definition) is 0. The normalized spacial score (nSPS) is 19.9. The van der Waals surface area contributed by atoms with E-state index in [0.717, 1.165) is 22.8 Å². The van der Waals surface area contributed by atoms with E-state index in [4.69, 9.17) is 14.2 Å². The van der Waals surface area contributed by atoms with Crippen LogP contribution in [0.3, 0.4) is 0 Å². The fourth-order valence-corrected chi connectivity index (χ4v) is 4.13. The summed E-state index contributed by atoms with van der Waals surface area (Å²) in [7, 11) is 5.07. The molecule has 3 nitrogen and oxygen atoms in total. The largest absolute Gasteiger partial charge is 0.496 e. The first kappa shape index (κ1) is 19.3. The van der Waals surface area contributed by atoms with Crippen molar-refractivity contribution in [2.45, 2.75) is 38.5 Å². The molecule has 1 saturated carbocycles. The van der Waals surface area contributed by atoms with Crippen LogP contribution in [0.25, 0.3) is 6.08 Å². The minimum atomic E-state index is 0.555. The number of benzene rings is 2. The molecule has 0 aromatic heterocycles. The molecule has 3 heteroatoms. The van der Waals surface area contributed by atoms with Crippen molar-refractivity contribution in [1.29, 1.82) is 0 Å². The smallest absolute Gasteiger partial charge is 0.161 e. The van der Waals surface area contributed by atoms with Gasteiger partial charge in [-0.25, -0.2) is 0 Å². The van der Waals surface area contributed by atoms with Gasteiger partial charge in [-0.05, 0) is 66.5 Å². The predicted molar refractivity (Wildman–Crippen MR) is 111 cm³/mol. The Morgan fingerprint density at radius 1 is 0.815 bits per heavy atom. The third-order valence-corrected chi connectivity index (χ3v) is 5.61.